The van der Waals surface area contributed by atoms with Crippen molar-refractivity contribution >= 4 is 22.5 Å². The maximum atomic E-state index is 6.02. The van der Waals surface area contributed by atoms with E-state index in [0.29, 0.717) is 12.5 Å². The number of aromatic amines is 1. The van der Waals surface area contributed by atoms with Crippen LogP contribution in [0.2, 0.25) is 0 Å². The number of benzene rings is 2. The van der Waals surface area contributed by atoms with E-state index in [9.17, 15) is 0 Å². The first kappa shape index (κ1) is 16.1. The summed E-state index contributed by atoms with van der Waals surface area (Å²) in [6.07, 6.45) is 1.87. The van der Waals surface area contributed by atoms with Crippen molar-refractivity contribution in [3.8, 4) is 0 Å². The molecule has 1 heterocycles. The number of anilines is 1. The molecule has 0 spiro atoms. The second kappa shape index (κ2) is 7.21. The van der Waals surface area contributed by atoms with Crippen LogP contribution in [0.5, 0.6) is 0 Å². The molecule has 3 aromatic rings. The van der Waals surface area contributed by atoms with Gasteiger partial charge in [-0.25, -0.2) is 0 Å². The van der Waals surface area contributed by atoms with E-state index < -0.39 is 0 Å². The van der Waals surface area contributed by atoms with Crippen LogP contribution >= 0.6 is 0 Å². The minimum atomic E-state index is 0.459. The van der Waals surface area contributed by atoms with Crippen molar-refractivity contribution in [2.45, 2.75) is 26.7 Å². The summed E-state index contributed by atoms with van der Waals surface area (Å²) in [7, 11) is 0. The predicted molar refractivity (Wildman–Crippen MR) is 103 cm³/mol. The topological polar surface area (TPSA) is 66.2 Å². The molecule has 4 N–H and O–H groups in total. The van der Waals surface area contributed by atoms with Crippen LogP contribution in [0.4, 0.5) is 5.69 Å². The first-order valence-corrected chi connectivity index (χ1v) is 8.39. The minimum absolute atomic E-state index is 0.459. The molecule has 4 heteroatoms. The fourth-order valence-corrected chi connectivity index (χ4v) is 3.00. The molecule has 124 valence electrons. The van der Waals surface area contributed by atoms with E-state index in [0.717, 1.165) is 18.5 Å². The smallest absolute Gasteiger partial charge is 0.193 e. The molecule has 1 aromatic heterocycles. The number of aryl methyl sites for hydroxylation is 2. The summed E-state index contributed by atoms with van der Waals surface area (Å²) in [5.74, 6) is 0.459. The number of aliphatic imine (C=N–C) groups is 1. The summed E-state index contributed by atoms with van der Waals surface area (Å²) in [5.41, 5.74) is 12.0. The number of nitrogens with zero attached hydrogens (tertiary/aromatic N) is 1. The number of aromatic nitrogens is 1. The molecule has 0 saturated carbocycles. The van der Waals surface area contributed by atoms with Gasteiger partial charge in [0.15, 0.2) is 5.96 Å². The number of nitrogens with two attached hydrogens (primary N) is 1. The number of hydrogen-bond donors (Lipinski definition) is 3. The first-order valence-electron chi connectivity index (χ1n) is 8.39. The molecule has 0 unspecified atom stereocenters. The van der Waals surface area contributed by atoms with Gasteiger partial charge in [-0.3, -0.25) is 4.99 Å². The van der Waals surface area contributed by atoms with Gasteiger partial charge in [-0.15, -0.1) is 0 Å². The van der Waals surface area contributed by atoms with Crippen molar-refractivity contribution in [3.63, 3.8) is 0 Å². The quantitative estimate of drug-likeness (QED) is 0.491. The van der Waals surface area contributed by atoms with Crippen LogP contribution in [0, 0.1) is 6.92 Å². The van der Waals surface area contributed by atoms with E-state index >= 15 is 0 Å². The van der Waals surface area contributed by atoms with E-state index in [1.54, 1.807) is 0 Å². The van der Waals surface area contributed by atoms with Gasteiger partial charge in [0.2, 0.25) is 0 Å². The van der Waals surface area contributed by atoms with Crippen molar-refractivity contribution in [1.82, 2.24) is 4.98 Å². The van der Waals surface area contributed by atoms with Crippen LogP contribution in [0.25, 0.3) is 10.9 Å². The maximum absolute atomic E-state index is 6.02. The van der Waals surface area contributed by atoms with E-state index in [4.69, 9.17) is 5.73 Å². The highest BCUT2D eigenvalue weighted by molar-refractivity contribution is 5.92. The summed E-state index contributed by atoms with van der Waals surface area (Å²) < 4.78 is 0. The lowest BCUT2D eigenvalue weighted by Gasteiger charge is -2.07. The maximum Gasteiger partial charge on any atom is 0.193 e. The summed E-state index contributed by atoms with van der Waals surface area (Å²) >= 11 is 0. The van der Waals surface area contributed by atoms with E-state index in [1.807, 2.05) is 18.2 Å². The van der Waals surface area contributed by atoms with Gasteiger partial charge in [0.25, 0.3) is 0 Å². The summed E-state index contributed by atoms with van der Waals surface area (Å²) in [6, 6.07) is 16.6. The van der Waals surface area contributed by atoms with Crippen LogP contribution in [0.15, 0.2) is 53.5 Å². The average molecular weight is 320 g/mol. The molecule has 3 rings (SSSR count). The number of fused-ring (bicyclic) bond motifs is 1. The Balaban J connectivity index is 1.65. The summed E-state index contributed by atoms with van der Waals surface area (Å²) in [4.78, 5) is 7.89. The molecule has 0 aliphatic rings. The molecule has 0 aliphatic heterocycles. The molecular weight excluding hydrogens is 296 g/mol. The first-order chi connectivity index (χ1) is 11.7. The average Bonchev–Trinajstić information content (AvgIpc) is 2.91. The standard InChI is InChI=1S/C20H24N4/c1-3-15-7-6-8-16(13-15)24-20(21)22-12-11-17-14(2)23-19-10-5-4-9-18(17)19/h4-10,13,23H,3,11-12H2,1-2H3,(H3,21,22,24). The minimum Gasteiger partial charge on any atom is -0.370 e. The molecule has 0 bridgehead atoms. The number of rotatable bonds is 5. The Morgan fingerprint density at radius 3 is 2.83 bits per heavy atom. The Hall–Kier alpha value is -2.75. The van der Waals surface area contributed by atoms with Crippen molar-refractivity contribution in [2.75, 3.05) is 11.9 Å². The largest absolute Gasteiger partial charge is 0.370 e. The van der Waals surface area contributed by atoms with Crippen molar-refractivity contribution < 1.29 is 0 Å². The Kier molecular flexibility index (Phi) is 4.85. The molecule has 2 aromatic carbocycles. The van der Waals surface area contributed by atoms with Crippen LogP contribution in [0.3, 0.4) is 0 Å². The lowest BCUT2D eigenvalue weighted by atomic mass is 10.1. The second-order valence-electron chi connectivity index (χ2n) is 5.97. The predicted octanol–water partition coefficient (Wildman–Crippen LogP) is 4.01. The Morgan fingerprint density at radius 2 is 2.00 bits per heavy atom. The van der Waals surface area contributed by atoms with E-state index in [-0.39, 0.29) is 0 Å². The lowest BCUT2D eigenvalue weighted by molar-refractivity contribution is 0.959. The van der Waals surface area contributed by atoms with Gasteiger partial charge in [-0.1, -0.05) is 37.3 Å². The van der Waals surface area contributed by atoms with Crippen LogP contribution in [0.1, 0.15) is 23.7 Å². The highest BCUT2D eigenvalue weighted by Gasteiger charge is 2.07. The van der Waals surface area contributed by atoms with Crippen LogP contribution < -0.4 is 11.1 Å². The Morgan fingerprint density at radius 1 is 1.17 bits per heavy atom. The number of guanidine groups is 1. The SMILES string of the molecule is CCc1cccc(NC(N)=NCCc2c(C)[nH]c3ccccc23)c1. The van der Waals surface area contributed by atoms with Crippen molar-refractivity contribution in [3.05, 3.63) is 65.4 Å². The molecule has 0 amide bonds. The zero-order valence-electron chi connectivity index (χ0n) is 14.3. The molecule has 0 radical (unpaired) electrons. The van der Waals surface area contributed by atoms with E-state index in [2.05, 4.69) is 59.5 Å². The van der Waals surface area contributed by atoms with Crippen molar-refractivity contribution in [2.24, 2.45) is 10.7 Å². The Bertz CT molecular complexity index is 861. The molecule has 4 nitrogen and oxygen atoms in total. The Labute approximate surface area is 142 Å². The van der Waals surface area contributed by atoms with Gasteiger partial charge in [-0.2, -0.15) is 0 Å². The molecule has 0 saturated heterocycles. The van der Waals surface area contributed by atoms with Gasteiger partial charge in [-0.05, 0) is 49.1 Å². The monoisotopic (exact) mass is 320 g/mol. The molecule has 0 atom stereocenters. The zero-order chi connectivity index (χ0) is 16.9. The summed E-state index contributed by atoms with van der Waals surface area (Å²) in [6.45, 7) is 4.91. The zero-order valence-corrected chi connectivity index (χ0v) is 14.3. The van der Waals surface area contributed by atoms with E-state index in [1.165, 1.54) is 27.7 Å². The molecule has 0 fully saturated rings. The van der Waals surface area contributed by atoms with Crippen LogP contribution in [-0.2, 0) is 12.8 Å². The molecule has 24 heavy (non-hydrogen) atoms. The highest BCUT2D eigenvalue weighted by atomic mass is 15.1. The van der Waals surface area contributed by atoms with Crippen LogP contribution in [-0.4, -0.2) is 17.5 Å². The van der Waals surface area contributed by atoms with Gasteiger partial charge >= 0.3 is 0 Å². The molecular formula is C20H24N4. The van der Waals surface area contributed by atoms with Gasteiger partial charge in [0.05, 0.1) is 0 Å². The fraction of sp³-hybridized carbons (Fsp3) is 0.250. The number of H-pyrrole nitrogens is 1. The number of hydrogen-bond acceptors (Lipinski definition) is 1. The molecule has 0 aliphatic carbocycles. The lowest BCUT2D eigenvalue weighted by Crippen LogP contribution is -2.23. The normalized spacial score (nSPS) is 11.8. The van der Waals surface area contributed by atoms with Crippen molar-refractivity contribution in [1.29, 1.82) is 0 Å². The fourth-order valence-electron chi connectivity index (χ4n) is 3.00. The third-order valence-electron chi connectivity index (χ3n) is 4.28. The number of nitrogens with one attached hydrogen (secondary N) is 2. The highest BCUT2D eigenvalue weighted by Crippen LogP contribution is 2.22. The number of para-hydroxylation sites is 1. The summed E-state index contributed by atoms with van der Waals surface area (Å²) in [5, 5.41) is 4.44. The van der Waals surface area contributed by atoms with Gasteiger partial charge in [0, 0.05) is 28.8 Å². The third kappa shape index (κ3) is 3.59. The van der Waals surface area contributed by atoms with Gasteiger partial charge < -0.3 is 16.0 Å². The van der Waals surface area contributed by atoms with Gasteiger partial charge in [0.1, 0.15) is 0 Å². The third-order valence-corrected chi connectivity index (χ3v) is 4.28. The second-order valence-corrected chi connectivity index (χ2v) is 5.97.